The second-order valence-corrected chi connectivity index (χ2v) is 5.97. The summed E-state index contributed by atoms with van der Waals surface area (Å²) >= 11 is 7.96. The third-order valence-electron chi connectivity index (χ3n) is 2.01. The lowest BCUT2D eigenvalue weighted by molar-refractivity contribution is -0.133. The van der Waals surface area contributed by atoms with Gasteiger partial charge in [-0.05, 0) is 34.1 Å². The van der Waals surface area contributed by atoms with E-state index in [0.717, 1.165) is 26.4 Å². The van der Waals surface area contributed by atoms with Crippen molar-refractivity contribution < 1.29 is 9.90 Å². The predicted octanol–water partition coefficient (Wildman–Crippen LogP) is 2.97. The van der Waals surface area contributed by atoms with Gasteiger partial charge in [0.15, 0.2) is 5.16 Å². The summed E-state index contributed by atoms with van der Waals surface area (Å²) in [5, 5.41) is 16.9. The van der Waals surface area contributed by atoms with Crippen molar-refractivity contribution >= 4 is 49.6 Å². The Bertz CT molecular complexity index is 588. The number of hydrogen-bond acceptors (Lipinski definition) is 4. The molecule has 0 aliphatic carbocycles. The number of rotatable bonds is 4. The summed E-state index contributed by atoms with van der Waals surface area (Å²) in [6.45, 7) is 0. The predicted molar refractivity (Wildman–Crippen MR) is 75.1 cm³/mol. The molecular formula is C10H7Br2N3O2S. The Hall–Kier alpha value is -0.860. The first-order valence-corrected chi connectivity index (χ1v) is 7.35. The first-order valence-electron chi connectivity index (χ1n) is 4.78. The van der Waals surface area contributed by atoms with Crippen LogP contribution in [0.15, 0.2) is 38.6 Å². The van der Waals surface area contributed by atoms with Gasteiger partial charge in [-0.15, -0.1) is 10.2 Å². The van der Waals surface area contributed by atoms with Crippen LogP contribution < -0.4 is 0 Å². The molecule has 0 amide bonds. The molecule has 0 aliphatic heterocycles. The molecule has 0 unspecified atom stereocenters. The summed E-state index contributed by atoms with van der Waals surface area (Å²) in [7, 11) is 0. The molecule has 94 valence electrons. The van der Waals surface area contributed by atoms with Gasteiger partial charge in [0.1, 0.15) is 6.33 Å². The third kappa shape index (κ3) is 3.12. The highest BCUT2D eigenvalue weighted by atomic mass is 79.9. The van der Waals surface area contributed by atoms with E-state index in [4.69, 9.17) is 5.11 Å². The van der Waals surface area contributed by atoms with Crippen LogP contribution in [0.3, 0.4) is 0 Å². The maximum absolute atomic E-state index is 10.6. The van der Waals surface area contributed by atoms with Crippen LogP contribution in [0, 0.1) is 0 Å². The highest BCUT2D eigenvalue weighted by molar-refractivity contribution is 9.11. The number of thioether (sulfide) groups is 1. The molecule has 0 radical (unpaired) electrons. The van der Waals surface area contributed by atoms with Gasteiger partial charge in [-0.1, -0.05) is 27.7 Å². The third-order valence-corrected chi connectivity index (χ3v) is 4.10. The zero-order chi connectivity index (χ0) is 13.1. The summed E-state index contributed by atoms with van der Waals surface area (Å²) in [5.41, 5.74) is 0.849. The minimum atomic E-state index is -0.886. The molecule has 0 saturated heterocycles. The smallest absolute Gasteiger partial charge is 0.313 e. The minimum Gasteiger partial charge on any atom is -0.481 e. The van der Waals surface area contributed by atoms with Crippen molar-refractivity contribution in [1.29, 1.82) is 0 Å². The van der Waals surface area contributed by atoms with Gasteiger partial charge in [0, 0.05) is 8.95 Å². The standard InChI is InChI=1S/C10H7Br2N3O2S/c11-6-1-2-7(12)8(3-6)15-5-13-14-10(15)18-4-9(16)17/h1-3,5H,4H2,(H,16,17). The number of hydrogen-bond donors (Lipinski definition) is 1. The Labute approximate surface area is 124 Å². The molecule has 5 nitrogen and oxygen atoms in total. The molecule has 1 N–H and O–H groups in total. The van der Waals surface area contributed by atoms with E-state index in [0.29, 0.717) is 5.16 Å². The number of aromatic nitrogens is 3. The lowest BCUT2D eigenvalue weighted by Gasteiger charge is -2.08. The van der Waals surface area contributed by atoms with Crippen LogP contribution in [0.5, 0.6) is 0 Å². The molecule has 1 aromatic heterocycles. The SMILES string of the molecule is O=C(O)CSc1nncn1-c1cc(Br)ccc1Br. The van der Waals surface area contributed by atoms with E-state index in [1.807, 2.05) is 18.2 Å². The van der Waals surface area contributed by atoms with E-state index < -0.39 is 5.97 Å². The number of benzene rings is 1. The van der Waals surface area contributed by atoms with Gasteiger partial charge in [0.2, 0.25) is 0 Å². The fourth-order valence-electron chi connectivity index (χ4n) is 1.28. The molecule has 0 aliphatic rings. The number of halogens is 2. The van der Waals surface area contributed by atoms with E-state index in [1.54, 1.807) is 10.9 Å². The Kier molecular flexibility index (Phi) is 4.41. The molecule has 0 spiro atoms. The van der Waals surface area contributed by atoms with Crippen molar-refractivity contribution in [2.75, 3.05) is 5.75 Å². The lowest BCUT2D eigenvalue weighted by Crippen LogP contribution is -2.01. The van der Waals surface area contributed by atoms with E-state index in [2.05, 4.69) is 42.1 Å². The Morgan fingerprint density at radius 2 is 2.22 bits per heavy atom. The monoisotopic (exact) mass is 391 g/mol. The number of aliphatic carboxylic acids is 1. The van der Waals surface area contributed by atoms with Crippen molar-refractivity contribution in [2.45, 2.75) is 5.16 Å². The number of carboxylic acids is 1. The van der Waals surface area contributed by atoms with Crippen molar-refractivity contribution in [1.82, 2.24) is 14.8 Å². The summed E-state index contributed by atoms with van der Waals surface area (Å²) in [6, 6.07) is 5.70. The molecule has 18 heavy (non-hydrogen) atoms. The highest BCUT2D eigenvalue weighted by Crippen LogP contribution is 2.28. The number of carbonyl (C=O) groups is 1. The molecule has 8 heteroatoms. The van der Waals surface area contributed by atoms with Gasteiger partial charge < -0.3 is 5.11 Å². The molecule has 0 bridgehead atoms. The van der Waals surface area contributed by atoms with Crippen LogP contribution in [0.1, 0.15) is 0 Å². The van der Waals surface area contributed by atoms with E-state index in [-0.39, 0.29) is 5.75 Å². The molecule has 0 fully saturated rings. The largest absolute Gasteiger partial charge is 0.481 e. The average Bonchev–Trinajstić information content (AvgIpc) is 2.77. The van der Waals surface area contributed by atoms with Gasteiger partial charge in [-0.25, -0.2) is 0 Å². The van der Waals surface area contributed by atoms with Crippen LogP contribution in [-0.2, 0) is 4.79 Å². The average molecular weight is 393 g/mol. The van der Waals surface area contributed by atoms with Crippen LogP contribution in [-0.4, -0.2) is 31.6 Å². The fraction of sp³-hybridized carbons (Fsp3) is 0.100. The Balaban J connectivity index is 2.36. The van der Waals surface area contributed by atoms with Crippen molar-refractivity contribution in [3.05, 3.63) is 33.5 Å². The van der Waals surface area contributed by atoms with Gasteiger partial charge in [-0.3, -0.25) is 9.36 Å². The Morgan fingerprint density at radius 1 is 1.44 bits per heavy atom. The Morgan fingerprint density at radius 3 is 2.94 bits per heavy atom. The topological polar surface area (TPSA) is 68.0 Å². The normalized spacial score (nSPS) is 10.6. The van der Waals surface area contributed by atoms with Gasteiger partial charge in [0.05, 0.1) is 11.4 Å². The molecule has 2 aromatic rings. The van der Waals surface area contributed by atoms with Gasteiger partial charge in [-0.2, -0.15) is 0 Å². The maximum atomic E-state index is 10.6. The van der Waals surface area contributed by atoms with E-state index in [9.17, 15) is 4.79 Å². The molecular weight excluding hydrogens is 386 g/mol. The fourth-order valence-corrected chi connectivity index (χ4v) is 2.71. The number of carboxylic acid groups (broad SMARTS) is 1. The molecule has 1 heterocycles. The summed E-state index contributed by atoms with van der Waals surface area (Å²) in [4.78, 5) is 10.6. The molecule has 0 atom stereocenters. The van der Waals surface area contributed by atoms with Crippen LogP contribution in [0.25, 0.3) is 5.69 Å². The second-order valence-electron chi connectivity index (χ2n) is 3.26. The molecule has 0 saturated carbocycles. The van der Waals surface area contributed by atoms with Gasteiger partial charge in [0.25, 0.3) is 0 Å². The van der Waals surface area contributed by atoms with Crippen molar-refractivity contribution in [2.24, 2.45) is 0 Å². The van der Waals surface area contributed by atoms with E-state index in [1.165, 1.54) is 0 Å². The number of nitrogens with zero attached hydrogens (tertiary/aromatic N) is 3. The zero-order valence-electron chi connectivity index (χ0n) is 8.88. The van der Waals surface area contributed by atoms with Crippen LogP contribution >= 0.6 is 43.6 Å². The van der Waals surface area contributed by atoms with Gasteiger partial charge >= 0.3 is 5.97 Å². The lowest BCUT2D eigenvalue weighted by atomic mass is 10.3. The zero-order valence-corrected chi connectivity index (χ0v) is 12.9. The van der Waals surface area contributed by atoms with Crippen LogP contribution in [0.2, 0.25) is 0 Å². The molecule has 1 aromatic carbocycles. The maximum Gasteiger partial charge on any atom is 0.313 e. The first-order chi connectivity index (χ1) is 8.58. The highest BCUT2D eigenvalue weighted by Gasteiger charge is 2.11. The summed E-state index contributed by atoms with van der Waals surface area (Å²) in [6.07, 6.45) is 1.55. The summed E-state index contributed by atoms with van der Waals surface area (Å²) in [5.74, 6) is -0.938. The van der Waals surface area contributed by atoms with Crippen molar-refractivity contribution in [3.63, 3.8) is 0 Å². The van der Waals surface area contributed by atoms with E-state index >= 15 is 0 Å². The first kappa shape index (κ1) is 13.6. The van der Waals surface area contributed by atoms with Crippen LogP contribution in [0.4, 0.5) is 0 Å². The summed E-state index contributed by atoms with van der Waals surface area (Å²) < 4.78 is 3.54. The quantitative estimate of drug-likeness (QED) is 0.810. The molecule has 2 rings (SSSR count). The minimum absolute atomic E-state index is 0.0513. The second kappa shape index (κ2) is 5.85. The van der Waals surface area contributed by atoms with Crippen molar-refractivity contribution in [3.8, 4) is 5.69 Å².